The second kappa shape index (κ2) is 5.84. The van der Waals surface area contributed by atoms with Crippen LogP contribution in [0, 0.1) is 6.92 Å². The Balaban J connectivity index is 2.07. The molecule has 0 radical (unpaired) electrons. The number of aromatic nitrogens is 1. The highest BCUT2D eigenvalue weighted by Gasteiger charge is 2.07. The van der Waals surface area contributed by atoms with Gasteiger partial charge in [0.2, 0.25) is 0 Å². The predicted octanol–water partition coefficient (Wildman–Crippen LogP) is 3.46. The Bertz CT molecular complexity index is 597. The fourth-order valence-electron chi connectivity index (χ4n) is 1.58. The van der Waals surface area contributed by atoms with Crippen molar-refractivity contribution in [3.05, 3.63) is 57.7 Å². The number of benzene rings is 1. The number of rotatable bonds is 4. The highest BCUT2D eigenvalue weighted by atomic mass is 79.9. The molecular weight excluding hydrogens is 308 g/mol. The summed E-state index contributed by atoms with van der Waals surface area (Å²) in [4.78, 5) is 14.9. The largest absolute Gasteiger partial charge is 0.478 e. The molecule has 0 aliphatic rings. The second-order valence-electron chi connectivity index (χ2n) is 4.20. The molecule has 0 fully saturated rings. The van der Waals surface area contributed by atoms with Gasteiger partial charge in [-0.05, 0) is 34.5 Å². The Labute approximate surface area is 119 Å². The van der Waals surface area contributed by atoms with Crippen molar-refractivity contribution in [2.24, 2.45) is 0 Å². The van der Waals surface area contributed by atoms with E-state index in [9.17, 15) is 4.79 Å². The van der Waals surface area contributed by atoms with Crippen LogP contribution in [0.5, 0.6) is 0 Å². The van der Waals surface area contributed by atoms with Crippen molar-refractivity contribution in [2.45, 2.75) is 13.5 Å². The Morgan fingerprint density at radius 3 is 2.63 bits per heavy atom. The lowest BCUT2D eigenvalue weighted by molar-refractivity contribution is 0.0696. The van der Waals surface area contributed by atoms with Gasteiger partial charge in [0, 0.05) is 12.7 Å². The third-order valence-corrected chi connectivity index (χ3v) is 3.27. The van der Waals surface area contributed by atoms with E-state index in [4.69, 9.17) is 5.11 Å². The molecule has 0 saturated carbocycles. The maximum absolute atomic E-state index is 10.8. The number of nitrogens with one attached hydrogen (secondary N) is 1. The smallest absolute Gasteiger partial charge is 0.337 e. The third-order valence-electron chi connectivity index (χ3n) is 2.67. The zero-order chi connectivity index (χ0) is 13.8. The number of pyridine rings is 1. The van der Waals surface area contributed by atoms with Crippen molar-refractivity contribution in [3.63, 3.8) is 0 Å². The van der Waals surface area contributed by atoms with E-state index in [0.29, 0.717) is 16.8 Å². The molecule has 1 aromatic carbocycles. The van der Waals surface area contributed by atoms with E-state index in [1.165, 1.54) is 17.8 Å². The molecule has 4 nitrogen and oxygen atoms in total. The van der Waals surface area contributed by atoms with Crippen LogP contribution < -0.4 is 5.32 Å². The first-order valence-corrected chi connectivity index (χ1v) is 6.54. The first-order chi connectivity index (χ1) is 9.06. The number of nitrogens with zero attached hydrogens (tertiary/aromatic N) is 1. The van der Waals surface area contributed by atoms with Gasteiger partial charge in [-0.25, -0.2) is 9.78 Å². The molecule has 0 unspecified atom stereocenters. The lowest BCUT2D eigenvalue weighted by Crippen LogP contribution is -2.04. The summed E-state index contributed by atoms with van der Waals surface area (Å²) in [6.07, 6.45) is 1.34. The summed E-state index contributed by atoms with van der Waals surface area (Å²) in [6, 6.07) is 9.72. The van der Waals surface area contributed by atoms with Crippen LogP contribution in [0.25, 0.3) is 0 Å². The Kier molecular flexibility index (Phi) is 4.16. The van der Waals surface area contributed by atoms with E-state index in [-0.39, 0.29) is 5.56 Å². The summed E-state index contributed by atoms with van der Waals surface area (Å²) in [5, 5.41) is 12.0. The first-order valence-electron chi connectivity index (χ1n) is 5.74. The number of hydrogen-bond donors (Lipinski definition) is 2. The minimum Gasteiger partial charge on any atom is -0.478 e. The molecule has 1 aromatic heterocycles. The molecular formula is C14H13BrN2O2. The fraction of sp³-hybridized carbons (Fsp3) is 0.143. The van der Waals surface area contributed by atoms with Crippen LogP contribution in [0.3, 0.4) is 0 Å². The van der Waals surface area contributed by atoms with Gasteiger partial charge in [0.1, 0.15) is 5.82 Å². The average molecular weight is 321 g/mol. The van der Waals surface area contributed by atoms with Crippen LogP contribution in [-0.2, 0) is 6.54 Å². The lowest BCUT2D eigenvalue weighted by Gasteiger charge is -2.08. The minimum atomic E-state index is -0.988. The van der Waals surface area contributed by atoms with Gasteiger partial charge in [-0.3, -0.25) is 0 Å². The van der Waals surface area contributed by atoms with Gasteiger partial charge < -0.3 is 10.4 Å². The van der Waals surface area contributed by atoms with Gasteiger partial charge in [0.05, 0.1) is 10.0 Å². The maximum atomic E-state index is 10.8. The van der Waals surface area contributed by atoms with E-state index in [1.807, 2.05) is 31.2 Å². The van der Waals surface area contributed by atoms with Crippen molar-refractivity contribution in [1.82, 2.24) is 4.98 Å². The van der Waals surface area contributed by atoms with Gasteiger partial charge in [-0.15, -0.1) is 0 Å². The number of carboxylic acid groups (broad SMARTS) is 1. The molecule has 0 amide bonds. The van der Waals surface area contributed by atoms with Gasteiger partial charge in [-0.2, -0.15) is 0 Å². The molecule has 0 saturated heterocycles. The number of aromatic carboxylic acids is 1. The molecule has 19 heavy (non-hydrogen) atoms. The van der Waals surface area contributed by atoms with Crippen molar-refractivity contribution in [2.75, 3.05) is 5.32 Å². The van der Waals surface area contributed by atoms with Crippen LogP contribution >= 0.6 is 15.9 Å². The molecule has 5 heteroatoms. The number of carbonyl (C=O) groups is 1. The van der Waals surface area contributed by atoms with E-state index < -0.39 is 5.97 Å². The third kappa shape index (κ3) is 3.54. The topological polar surface area (TPSA) is 62.2 Å². The molecule has 1 heterocycles. The SMILES string of the molecule is Cc1ccc(CNc2ncc(C(=O)O)cc2Br)cc1. The monoisotopic (exact) mass is 320 g/mol. The van der Waals surface area contributed by atoms with Crippen LogP contribution in [0.4, 0.5) is 5.82 Å². The number of anilines is 1. The maximum Gasteiger partial charge on any atom is 0.337 e. The zero-order valence-electron chi connectivity index (χ0n) is 10.4. The summed E-state index contributed by atoms with van der Waals surface area (Å²) >= 11 is 3.31. The summed E-state index contributed by atoms with van der Waals surface area (Å²) in [6.45, 7) is 2.68. The average Bonchev–Trinajstić information content (AvgIpc) is 2.39. The quantitative estimate of drug-likeness (QED) is 0.905. The van der Waals surface area contributed by atoms with Gasteiger partial charge in [-0.1, -0.05) is 29.8 Å². The van der Waals surface area contributed by atoms with Crippen LogP contribution in [0.1, 0.15) is 21.5 Å². The first kappa shape index (κ1) is 13.5. The molecule has 0 aliphatic heterocycles. The van der Waals surface area contributed by atoms with Gasteiger partial charge >= 0.3 is 5.97 Å². The standard InChI is InChI=1S/C14H13BrN2O2/c1-9-2-4-10(5-3-9)7-16-13-12(15)6-11(8-17-13)14(18)19/h2-6,8H,7H2,1H3,(H,16,17)(H,18,19). The highest BCUT2D eigenvalue weighted by Crippen LogP contribution is 2.21. The lowest BCUT2D eigenvalue weighted by atomic mass is 10.1. The summed E-state index contributed by atoms with van der Waals surface area (Å²) in [5.74, 6) is -0.358. The summed E-state index contributed by atoms with van der Waals surface area (Å²) < 4.78 is 0.638. The Morgan fingerprint density at radius 1 is 1.37 bits per heavy atom. The molecule has 2 N–H and O–H groups in total. The minimum absolute atomic E-state index is 0.160. The highest BCUT2D eigenvalue weighted by molar-refractivity contribution is 9.10. The normalized spacial score (nSPS) is 10.2. The number of aryl methyl sites for hydroxylation is 1. The number of halogens is 1. The van der Waals surface area contributed by atoms with Crippen molar-refractivity contribution in [3.8, 4) is 0 Å². The van der Waals surface area contributed by atoms with Crippen molar-refractivity contribution >= 4 is 27.7 Å². The molecule has 0 bridgehead atoms. The number of hydrogen-bond acceptors (Lipinski definition) is 3. The second-order valence-corrected chi connectivity index (χ2v) is 5.05. The molecule has 0 aliphatic carbocycles. The summed E-state index contributed by atoms with van der Waals surface area (Å²) in [5.41, 5.74) is 2.52. The van der Waals surface area contributed by atoms with Crippen LogP contribution in [0.2, 0.25) is 0 Å². The zero-order valence-corrected chi connectivity index (χ0v) is 11.9. The van der Waals surface area contributed by atoms with E-state index >= 15 is 0 Å². The summed E-state index contributed by atoms with van der Waals surface area (Å²) in [7, 11) is 0. The molecule has 0 spiro atoms. The van der Waals surface area contributed by atoms with Gasteiger partial charge in [0.15, 0.2) is 0 Å². The van der Waals surface area contributed by atoms with Crippen LogP contribution in [-0.4, -0.2) is 16.1 Å². The predicted molar refractivity (Wildman–Crippen MR) is 77.4 cm³/mol. The fourth-order valence-corrected chi connectivity index (χ4v) is 2.07. The van der Waals surface area contributed by atoms with E-state index in [1.54, 1.807) is 0 Å². The van der Waals surface area contributed by atoms with Gasteiger partial charge in [0.25, 0.3) is 0 Å². The Hall–Kier alpha value is -1.88. The van der Waals surface area contributed by atoms with Crippen molar-refractivity contribution in [1.29, 1.82) is 0 Å². The molecule has 0 atom stereocenters. The molecule has 2 aromatic rings. The van der Waals surface area contributed by atoms with Crippen molar-refractivity contribution < 1.29 is 9.90 Å². The number of carboxylic acids is 1. The molecule has 98 valence electrons. The molecule has 2 rings (SSSR count). The van der Waals surface area contributed by atoms with Crippen LogP contribution in [0.15, 0.2) is 41.0 Å². The van der Waals surface area contributed by atoms with E-state index in [0.717, 1.165) is 5.56 Å². The van der Waals surface area contributed by atoms with E-state index in [2.05, 4.69) is 26.2 Å². The Morgan fingerprint density at radius 2 is 2.05 bits per heavy atom.